The summed E-state index contributed by atoms with van der Waals surface area (Å²) < 4.78 is 0. The number of likely N-dealkylation sites (N-methyl/N-ethyl adjacent to an activating group) is 1. The van der Waals surface area contributed by atoms with E-state index in [2.05, 4.69) is 0 Å². The maximum absolute atomic E-state index is 12.6. The van der Waals surface area contributed by atoms with Gasteiger partial charge in [0, 0.05) is 20.1 Å². The molecule has 20 heavy (non-hydrogen) atoms. The van der Waals surface area contributed by atoms with Crippen molar-refractivity contribution in [3.8, 4) is 0 Å². The molecule has 2 amide bonds. The lowest BCUT2D eigenvalue weighted by Gasteiger charge is -2.34. The lowest BCUT2D eigenvalue weighted by Crippen LogP contribution is -2.52. The molecule has 0 saturated carbocycles. The highest BCUT2D eigenvalue weighted by Crippen LogP contribution is 2.20. The molecule has 106 valence electrons. The topological polar surface area (TPSA) is 66.6 Å². The first kappa shape index (κ1) is 14.5. The number of carbonyl (C=O) groups excluding carboxylic acids is 2. The molecule has 1 aromatic carbocycles. The summed E-state index contributed by atoms with van der Waals surface area (Å²) in [6.07, 6.45) is 0. The van der Waals surface area contributed by atoms with Crippen LogP contribution in [-0.4, -0.2) is 53.3 Å². The highest BCUT2D eigenvalue weighted by atomic mass is 32.1. The molecule has 0 aliphatic carbocycles. The summed E-state index contributed by atoms with van der Waals surface area (Å²) in [5, 5.41) is 0. The third-order valence-corrected chi connectivity index (χ3v) is 3.67. The summed E-state index contributed by atoms with van der Waals surface area (Å²) in [5.74, 6) is -0.938. The Bertz CT molecular complexity index is 532. The number of benzene rings is 1. The van der Waals surface area contributed by atoms with Crippen molar-refractivity contribution in [1.82, 2.24) is 9.80 Å². The van der Waals surface area contributed by atoms with E-state index in [-0.39, 0.29) is 23.3 Å². The minimum absolute atomic E-state index is 0.0700. The van der Waals surface area contributed by atoms with Gasteiger partial charge < -0.3 is 15.5 Å². The van der Waals surface area contributed by atoms with Gasteiger partial charge in [-0.25, -0.2) is 0 Å². The maximum atomic E-state index is 12.6. The van der Waals surface area contributed by atoms with Crippen LogP contribution < -0.4 is 5.73 Å². The van der Waals surface area contributed by atoms with Gasteiger partial charge in [0.25, 0.3) is 0 Å². The molecular formula is C14H17N3O2S. The molecule has 2 N–H and O–H groups in total. The summed E-state index contributed by atoms with van der Waals surface area (Å²) in [6.45, 7) is 1.12. The fraction of sp³-hybridized carbons (Fsp3) is 0.357. The monoisotopic (exact) mass is 291 g/mol. The zero-order valence-corrected chi connectivity index (χ0v) is 12.1. The van der Waals surface area contributed by atoms with Crippen LogP contribution in [0.1, 0.15) is 11.5 Å². The van der Waals surface area contributed by atoms with Crippen molar-refractivity contribution in [3.05, 3.63) is 35.9 Å². The number of hydrogen-bond donors (Lipinski definition) is 1. The second-order valence-corrected chi connectivity index (χ2v) is 5.29. The van der Waals surface area contributed by atoms with E-state index < -0.39 is 5.92 Å². The highest BCUT2D eigenvalue weighted by Gasteiger charge is 2.32. The van der Waals surface area contributed by atoms with Crippen molar-refractivity contribution >= 4 is 29.0 Å². The van der Waals surface area contributed by atoms with E-state index in [1.807, 2.05) is 30.3 Å². The van der Waals surface area contributed by atoms with Crippen LogP contribution >= 0.6 is 12.2 Å². The number of carbonyl (C=O) groups is 2. The van der Waals surface area contributed by atoms with E-state index in [1.165, 1.54) is 4.90 Å². The van der Waals surface area contributed by atoms with Crippen LogP contribution in [0.2, 0.25) is 0 Å². The van der Waals surface area contributed by atoms with Crippen LogP contribution in [0.25, 0.3) is 0 Å². The Balaban J connectivity index is 2.21. The quantitative estimate of drug-likeness (QED) is 0.817. The molecule has 2 rings (SSSR count). The minimum Gasteiger partial charge on any atom is -0.392 e. The molecule has 1 aromatic rings. The first-order valence-electron chi connectivity index (χ1n) is 6.37. The van der Waals surface area contributed by atoms with Crippen LogP contribution in [0.3, 0.4) is 0 Å². The Morgan fingerprint density at radius 3 is 2.50 bits per heavy atom. The highest BCUT2D eigenvalue weighted by molar-refractivity contribution is 7.80. The largest absolute Gasteiger partial charge is 0.392 e. The smallest absolute Gasteiger partial charge is 0.241 e. The van der Waals surface area contributed by atoms with Crippen LogP contribution in [0.5, 0.6) is 0 Å². The Hall–Kier alpha value is -1.95. The summed E-state index contributed by atoms with van der Waals surface area (Å²) in [6, 6.07) is 9.18. The van der Waals surface area contributed by atoms with Crippen molar-refractivity contribution in [1.29, 1.82) is 0 Å². The molecule has 1 aliphatic heterocycles. The van der Waals surface area contributed by atoms with E-state index >= 15 is 0 Å². The van der Waals surface area contributed by atoms with Gasteiger partial charge in [-0.15, -0.1) is 0 Å². The van der Waals surface area contributed by atoms with Gasteiger partial charge in [0.2, 0.25) is 11.8 Å². The molecule has 6 heteroatoms. The van der Waals surface area contributed by atoms with E-state index in [0.29, 0.717) is 13.1 Å². The number of piperazine rings is 1. The van der Waals surface area contributed by atoms with Crippen molar-refractivity contribution in [2.24, 2.45) is 5.73 Å². The SMILES string of the molecule is CN1CCN(C(=O)C(C(N)=S)c2ccccc2)CC1=O. The van der Waals surface area contributed by atoms with E-state index in [4.69, 9.17) is 18.0 Å². The van der Waals surface area contributed by atoms with Gasteiger partial charge in [0.05, 0.1) is 11.5 Å². The molecule has 1 aliphatic rings. The molecule has 0 radical (unpaired) electrons. The first-order valence-corrected chi connectivity index (χ1v) is 6.78. The zero-order valence-electron chi connectivity index (χ0n) is 11.3. The van der Waals surface area contributed by atoms with Gasteiger partial charge in [-0.05, 0) is 5.56 Å². The zero-order chi connectivity index (χ0) is 14.7. The average Bonchev–Trinajstić information content (AvgIpc) is 2.42. The summed E-state index contributed by atoms with van der Waals surface area (Å²) >= 11 is 5.03. The van der Waals surface area contributed by atoms with Gasteiger partial charge in [0.1, 0.15) is 5.92 Å². The fourth-order valence-corrected chi connectivity index (χ4v) is 2.44. The molecule has 1 unspecified atom stereocenters. The molecule has 5 nitrogen and oxygen atoms in total. The lowest BCUT2D eigenvalue weighted by atomic mass is 9.97. The normalized spacial score (nSPS) is 16.9. The number of rotatable bonds is 3. The molecule has 0 aromatic heterocycles. The predicted molar refractivity (Wildman–Crippen MR) is 80.2 cm³/mol. The number of nitrogens with two attached hydrogens (primary N) is 1. The Morgan fingerprint density at radius 1 is 1.30 bits per heavy atom. The van der Waals surface area contributed by atoms with Crippen LogP contribution in [0, 0.1) is 0 Å². The summed E-state index contributed by atoms with van der Waals surface area (Å²) in [4.78, 5) is 27.6. The molecule has 0 bridgehead atoms. The first-order chi connectivity index (χ1) is 9.50. The second kappa shape index (κ2) is 6.00. The van der Waals surface area contributed by atoms with E-state index in [0.717, 1.165) is 5.56 Å². The molecule has 1 heterocycles. The standard InChI is InChI=1S/C14H17N3O2S/c1-16-7-8-17(9-11(16)18)14(19)12(13(15)20)10-5-3-2-4-6-10/h2-6,12H,7-9H2,1H3,(H2,15,20). The predicted octanol–water partition coefficient (Wildman–Crippen LogP) is 0.357. The Kier molecular flexibility index (Phi) is 4.34. The number of thiocarbonyl (C=S) groups is 1. The van der Waals surface area contributed by atoms with Gasteiger partial charge >= 0.3 is 0 Å². The molecule has 0 spiro atoms. The molecular weight excluding hydrogens is 274 g/mol. The number of amides is 2. The molecule has 1 saturated heterocycles. The average molecular weight is 291 g/mol. The molecule has 1 atom stereocenters. The van der Waals surface area contributed by atoms with Crippen LogP contribution in [-0.2, 0) is 9.59 Å². The second-order valence-electron chi connectivity index (χ2n) is 4.82. The van der Waals surface area contributed by atoms with Crippen molar-refractivity contribution < 1.29 is 9.59 Å². The van der Waals surface area contributed by atoms with Crippen LogP contribution in [0.15, 0.2) is 30.3 Å². The third kappa shape index (κ3) is 2.96. The van der Waals surface area contributed by atoms with Gasteiger partial charge in [0.15, 0.2) is 0 Å². The van der Waals surface area contributed by atoms with Crippen LogP contribution in [0.4, 0.5) is 0 Å². The fourth-order valence-electron chi connectivity index (χ4n) is 2.20. The Labute approximate surface area is 123 Å². The van der Waals surface area contributed by atoms with Crippen molar-refractivity contribution in [2.75, 3.05) is 26.7 Å². The number of nitrogens with zero attached hydrogens (tertiary/aromatic N) is 2. The van der Waals surface area contributed by atoms with Gasteiger partial charge in [-0.1, -0.05) is 42.5 Å². The van der Waals surface area contributed by atoms with Gasteiger partial charge in [-0.2, -0.15) is 0 Å². The third-order valence-electron chi connectivity index (χ3n) is 3.43. The van der Waals surface area contributed by atoms with Crippen molar-refractivity contribution in [2.45, 2.75) is 5.92 Å². The van der Waals surface area contributed by atoms with Crippen molar-refractivity contribution in [3.63, 3.8) is 0 Å². The minimum atomic E-state index is -0.664. The lowest BCUT2D eigenvalue weighted by molar-refractivity contribution is -0.144. The maximum Gasteiger partial charge on any atom is 0.241 e. The molecule has 1 fully saturated rings. The van der Waals surface area contributed by atoms with E-state index in [1.54, 1.807) is 11.9 Å². The summed E-state index contributed by atoms with van der Waals surface area (Å²) in [7, 11) is 1.73. The van der Waals surface area contributed by atoms with Gasteiger partial charge in [-0.3, -0.25) is 9.59 Å². The summed E-state index contributed by atoms with van der Waals surface area (Å²) in [5.41, 5.74) is 6.49. The number of hydrogen-bond acceptors (Lipinski definition) is 3. The Morgan fingerprint density at radius 2 is 1.95 bits per heavy atom. The van der Waals surface area contributed by atoms with E-state index in [9.17, 15) is 9.59 Å².